The number of urea groups is 1. The first-order valence-electron chi connectivity index (χ1n) is 8.62. The van der Waals surface area contributed by atoms with Crippen LogP contribution in [0, 0.1) is 0 Å². The van der Waals surface area contributed by atoms with Crippen LogP contribution >= 0.6 is 11.8 Å². The minimum absolute atomic E-state index is 0.0474. The van der Waals surface area contributed by atoms with Gasteiger partial charge in [-0.15, -0.1) is 0 Å². The SMILES string of the molecule is CCSCc1cccc(NC(=O)N2CC[C@H]3CC[C@@H](C2)N3C)c1. The molecule has 2 fully saturated rings. The maximum Gasteiger partial charge on any atom is 0.321 e. The molecule has 2 aliphatic heterocycles. The van der Waals surface area contributed by atoms with E-state index in [1.807, 2.05) is 28.8 Å². The van der Waals surface area contributed by atoms with Crippen LogP contribution in [0.25, 0.3) is 0 Å². The largest absolute Gasteiger partial charge is 0.323 e. The first-order chi connectivity index (χ1) is 11.2. The van der Waals surface area contributed by atoms with Gasteiger partial charge in [0.15, 0.2) is 0 Å². The Balaban J connectivity index is 1.60. The van der Waals surface area contributed by atoms with E-state index in [4.69, 9.17) is 0 Å². The molecule has 0 aromatic heterocycles. The Morgan fingerprint density at radius 3 is 2.96 bits per heavy atom. The lowest BCUT2D eigenvalue weighted by atomic mass is 10.1. The van der Waals surface area contributed by atoms with Gasteiger partial charge in [-0.1, -0.05) is 19.1 Å². The van der Waals surface area contributed by atoms with Crippen molar-refractivity contribution < 1.29 is 4.79 Å². The van der Waals surface area contributed by atoms with Crippen LogP contribution < -0.4 is 5.32 Å². The van der Waals surface area contributed by atoms with Crippen LogP contribution in [0.4, 0.5) is 10.5 Å². The molecule has 2 heterocycles. The maximum atomic E-state index is 12.6. The van der Waals surface area contributed by atoms with Crippen molar-refractivity contribution in [2.75, 3.05) is 31.2 Å². The van der Waals surface area contributed by atoms with Gasteiger partial charge in [0.2, 0.25) is 0 Å². The predicted molar refractivity (Wildman–Crippen MR) is 98.1 cm³/mol. The van der Waals surface area contributed by atoms with Gasteiger partial charge in [-0.2, -0.15) is 11.8 Å². The Labute approximate surface area is 143 Å². The highest BCUT2D eigenvalue weighted by molar-refractivity contribution is 7.98. The molecule has 5 heteroatoms. The van der Waals surface area contributed by atoms with Crippen molar-refractivity contribution in [3.8, 4) is 0 Å². The fourth-order valence-electron chi connectivity index (χ4n) is 3.65. The first kappa shape index (κ1) is 16.7. The average molecular weight is 334 g/mol. The number of amides is 2. The van der Waals surface area contributed by atoms with Crippen LogP contribution in [-0.4, -0.2) is 53.8 Å². The normalized spacial score (nSPS) is 24.5. The third-order valence-corrected chi connectivity index (χ3v) is 6.03. The Bertz CT molecular complexity index is 551. The summed E-state index contributed by atoms with van der Waals surface area (Å²) in [7, 11) is 2.21. The molecule has 0 aliphatic carbocycles. The van der Waals surface area contributed by atoms with Crippen molar-refractivity contribution in [2.24, 2.45) is 0 Å². The molecule has 126 valence electrons. The standard InChI is InChI=1S/C18H27N3OS/c1-3-23-13-14-5-4-6-15(11-14)19-18(22)21-10-9-16-7-8-17(12-21)20(16)2/h4-6,11,16-17H,3,7-10,12-13H2,1-2H3,(H,19,22)/t16-,17+/m1/s1. The Morgan fingerprint density at radius 2 is 2.13 bits per heavy atom. The van der Waals surface area contributed by atoms with E-state index in [0.717, 1.165) is 36.7 Å². The van der Waals surface area contributed by atoms with Gasteiger partial charge in [-0.3, -0.25) is 4.90 Å². The van der Waals surface area contributed by atoms with Gasteiger partial charge in [0.25, 0.3) is 0 Å². The summed E-state index contributed by atoms with van der Waals surface area (Å²) < 4.78 is 0. The van der Waals surface area contributed by atoms with Gasteiger partial charge >= 0.3 is 6.03 Å². The van der Waals surface area contributed by atoms with Crippen molar-refractivity contribution in [2.45, 2.75) is 44.0 Å². The van der Waals surface area contributed by atoms with Crippen molar-refractivity contribution in [3.63, 3.8) is 0 Å². The maximum absolute atomic E-state index is 12.6. The van der Waals surface area contributed by atoms with Crippen LogP contribution in [0.2, 0.25) is 0 Å². The molecule has 3 rings (SSSR count). The Kier molecular flexibility index (Phi) is 5.49. The van der Waals surface area contributed by atoms with E-state index in [0.29, 0.717) is 12.1 Å². The van der Waals surface area contributed by atoms with E-state index in [2.05, 4.69) is 36.3 Å². The molecule has 1 aromatic rings. The molecule has 0 saturated carbocycles. The number of likely N-dealkylation sites (N-methyl/N-ethyl adjacent to an activating group) is 1. The lowest BCUT2D eigenvalue weighted by Crippen LogP contribution is -2.41. The summed E-state index contributed by atoms with van der Waals surface area (Å²) in [5.41, 5.74) is 2.18. The van der Waals surface area contributed by atoms with E-state index in [9.17, 15) is 4.79 Å². The predicted octanol–water partition coefficient (Wildman–Crippen LogP) is 3.64. The molecule has 2 atom stereocenters. The number of hydrogen-bond donors (Lipinski definition) is 1. The van der Waals surface area contributed by atoms with Gasteiger partial charge in [-0.05, 0) is 49.8 Å². The van der Waals surface area contributed by atoms with Crippen molar-refractivity contribution >= 4 is 23.5 Å². The highest BCUT2D eigenvalue weighted by Gasteiger charge is 2.35. The molecule has 0 radical (unpaired) electrons. The molecule has 0 spiro atoms. The van der Waals surface area contributed by atoms with Crippen LogP contribution in [0.3, 0.4) is 0 Å². The summed E-state index contributed by atoms with van der Waals surface area (Å²) >= 11 is 1.90. The molecule has 2 amide bonds. The number of likely N-dealkylation sites (tertiary alicyclic amines) is 1. The van der Waals surface area contributed by atoms with Gasteiger partial charge in [0.1, 0.15) is 0 Å². The number of rotatable bonds is 4. The zero-order chi connectivity index (χ0) is 16.2. The van der Waals surface area contributed by atoms with E-state index in [1.165, 1.54) is 18.4 Å². The Hall–Kier alpha value is -1.20. The van der Waals surface area contributed by atoms with Crippen molar-refractivity contribution in [3.05, 3.63) is 29.8 Å². The fourth-order valence-corrected chi connectivity index (χ4v) is 4.27. The quantitative estimate of drug-likeness (QED) is 0.914. The number of benzene rings is 1. The molecule has 1 N–H and O–H groups in total. The number of fused-ring (bicyclic) bond motifs is 2. The lowest BCUT2D eigenvalue weighted by molar-refractivity contribution is 0.200. The summed E-state index contributed by atoms with van der Waals surface area (Å²) in [6.45, 7) is 3.88. The molecule has 23 heavy (non-hydrogen) atoms. The van der Waals surface area contributed by atoms with Crippen molar-refractivity contribution in [1.82, 2.24) is 9.80 Å². The third-order valence-electron chi connectivity index (χ3n) is 5.09. The van der Waals surface area contributed by atoms with Gasteiger partial charge in [0.05, 0.1) is 0 Å². The molecule has 2 aliphatic rings. The summed E-state index contributed by atoms with van der Waals surface area (Å²) in [6, 6.07) is 9.46. The second-order valence-corrected chi connectivity index (χ2v) is 7.83. The smallest absolute Gasteiger partial charge is 0.321 e. The summed E-state index contributed by atoms with van der Waals surface area (Å²) in [5.74, 6) is 2.11. The topological polar surface area (TPSA) is 35.6 Å². The second kappa shape index (κ2) is 7.58. The highest BCUT2D eigenvalue weighted by Crippen LogP contribution is 2.28. The zero-order valence-electron chi connectivity index (χ0n) is 14.1. The van der Waals surface area contributed by atoms with E-state index >= 15 is 0 Å². The first-order valence-corrected chi connectivity index (χ1v) is 9.77. The number of anilines is 1. The Morgan fingerprint density at radius 1 is 1.30 bits per heavy atom. The number of nitrogens with zero attached hydrogens (tertiary/aromatic N) is 2. The lowest BCUT2D eigenvalue weighted by Gasteiger charge is -2.26. The number of thioether (sulfide) groups is 1. The number of hydrogen-bond acceptors (Lipinski definition) is 3. The average Bonchev–Trinajstić information content (AvgIpc) is 2.78. The van der Waals surface area contributed by atoms with E-state index in [1.54, 1.807) is 0 Å². The van der Waals surface area contributed by atoms with Crippen LogP contribution in [0.1, 0.15) is 31.7 Å². The van der Waals surface area contributed by atoms with Crippen LogP contribution in [0.5, 0.6) is 0 Å². The molecule has 4 nitrogen and oxygen atoms in total. The number of carbonyl (C=O) groups excluding carboxylic acids is 1. The van der Waals surface area contributed by atoms with Gasteiger partial charge < -0.3 is 10.2 Å². The summed E-state index contributed by atoms with van der Waals surface area (Å²) in [4.78, 5) is 17.1. The van der Waals surface area contributed by atoms with E-state index in [-0.39, 0.29) is 6.03 Å². The highest BCUT2D eigenvalue weighted by atomic mass is 32.2. The fraction of sp³-hybridized carbons (Fsp3) is 0.611. The van der Waals surface area contributed by atoms with E-state index < -0.39 is 0 Å². The molecular weight excluding hydrogens is 306 g/mol. The minimum atomic E-state index is 0.0474. The zero-order valence-corrected chi connectivity index (χ0v) is 14.9. The monoisotopic (exact) mass is 333 g/mol. The summed E-state index contributed by atoms with van der Waals surface area (Å²) in [5, 5.41) is 3.09. The summed E-state index contributed by atoms with van der Waals surface area (Å²) in [6.07, 6.45) is 3.59. The molecule has 1 aromatic carbocycles. The van der Waals surface area contributed by atoms with Crippen molar-refractivity contribution in [1.29, 1.82) is 0 Å². The number of nitrogens with one attached hydrogen (secondary N) is 1. The molecular formula is C18H27N3OS. The second-order valence-electron chi connectivity index (χ2n) is 6.55. The molecule has 2 bridgehead atoms. The third kappa shape index (κ3) is 4.01. The molecule has 2 saturated heterocycles. The number of carbonyl (C=O) groups is 1. The van der Waals surface area contributed by atoms with Gasteiger partial charge in [-0.25, -0.2) is 4.79 Å². The minimum Gasteiger partial charge on any atom is -0.323 e. The van der Waals surface area contributed by atoms with Crippen LogP contribution in [-0.2, 0) is 5.75 Å². The van der Waals surface area contributed by atoms with Gasteiger partial charge in [0, 0.05) is 36.6 Å². The van der Waals surface area contributed by atoms with Crippen LogP contribution in [0.15, 0.2) is 24.3 Å². The molecule has 0 unspecified atom stereocenters.